The van der Waals surface area contributed by atoms with Gasteiger partial charge in [0, 0.05) is 35.2 Å². The van der Waals surface area contributed by atoms with Gasteiger partial charge < -0.3 is 10.6 Å². The summed E-state index contributed by atoms with van der Waals surface area (Å²) in [5, 5.41) is 7.51. The van der Waals surface area contributed by atoms with Crippen LogP contribution in [0.3, 0.4) is 0 Å². The van der Waals surface area contributed by atoms with E-state index in [1.165, 1.54) is 0 Å². The van der Waals surface area contributed by atoms with Crippen LogP contribution < -0.4 is 10.6 Å². The van der Waals surface area contributed by atoms with Gasteiger partial charge in [0.15, 0.2) is 0 Å². The minimum atomic E-state index is -2.67. The zero-order chi connectivity index (χ0) is 18.7. The molecule has 22 heavy (non-hydrogen) atoms. The summed E-state index contributed by atoms with van der Waals surface area (Å²) in [5.41, 5.74) is 1.78. The van der Waals surface area contributed by atoms with Gasteiger partial charge in [0.25, 0.3) is 0 Å². The van der Waals surface area contributed by atoms with Crippen LogP contribution in [0.2, 0.25) is 5.02 Å². The van der Waals surface area contributed by atoms with Gasteiger partial charge >= 0.3 is 0 Å². The van der Waals surface area contributed by atoms with Gasteiger partial charge in [-0.05, 0) is 57.1 Å². The van der Waals surface area contributed by atoms with E-state index < -0.39 is 13.3 Å². The molecule has 1 aromatic heterocycles. The third kappa shape index (κ3) is 6.17. The van der Waals surface area contributed by atoms with Gasteiger partial charge in [-0.25, -0.2) is 0 Å². The molecule has 6 heteroatoms. The first-order chi connectivity index (χ1) is 11.6. The molecule has 0 amide bonds. The van der Waals surface area contributed by atoms with Crippen molar-refractivity contribution in [1.82, 2.24) is 10.3 Å². The minimum absolute atomic E-state index is 0. The fourth-order valence-electron chi connectivity index (χ4n) is 2.14. The van der Waals surface area contributed by atoms with Crippen LogP contribution in [0.4, 0.5) is 5.69 Å². The fourth-order valence-corrected chi connectivity index (χ4v) is 2.31. The van der Waals surface area contributed by atoms with E-state index in [0.717, 1.165) is 23.0 Å². The van der Waals surface area contributed by atoms with Crippen molar-refractivity contribution < 1.29 is 6.85 Å². The van der Waals surface area contributed by atoms with E-state index in [-0.39, 0.29) is 30.9 Å². The van der Waals surface area contributed by atoms with Crippen molar-refractivity contribution in [2.24, 2.45) is 0 Å². The molecule has 0 spiro atoms. The topological polar surface area (TPSA) is 37.0 Å². The van der Waals surface area contributed by atoms with Crippen LogP contribution >= 0.6 is 36.4 Å². The van der Waals surface area contributed by atoms with Crippen LogP contribution in [0.15, 0.2) is 30.5 Å². The molecule has 0 aliphatic heterocycles. The average Bonchev–Trinajstić information content (AvgIpc) is 2.50. The normalized spacial score (nSPS) is 16.0. The average molecular weight is 370 g/mol. The zero-order valence-corrected chi connectivity index (χ0v) is 14.6. The van der Waals surface area contributed by atoms with Crippen molar-refractivity contribution in [2.75, 3.05) is 18.4 Å². The number of aromatic nitrogens is 1. The number of nitrogens with one attached hydrogen (secondary N) is 2. The van der Waals surface area contributed by atoms with Crippen molar-refractivity contribution >= 4 is 53.0 Å². The van der Waals surface area contributed by atoms with Crippen LogP contribution in [0, 0.1) is 0 Å². The lowest BCUT2D eigenvalue weighted by Gasteiger charge is -2.16. The first-order valence-electron chi connectivity index (χ1n) is 9.16. The zero-order valence-electron chi connectivity index (χ0n) is 17.2. The lowest BCUT2D eigenvalue weighted by molar-refractivity contribution is 0.603. The summed E-state index contributed by atoms with van der Waals surface area (Å²) in [6.07, 6.45) is 3.14. The van der Waals surface area contributed by atoms with Crippen LogP contribution in [0.25, 0.3) is 10.9 Å². The molecule has 0 aliphatic carbocycles. The van der Waals surface area contributed by atoms with Crippen molar-refractivity contribution in [3.63, 3.8) is 0 Å². The van der Waals surface area contributed by atoms with Gasteiger partial charge in [0.1, 0.15) is 0 Å². The quantitative estimate of drug-likeness (QED) is 0.680. The fraction of sp³-hybridized carbons (Fsp3) is 0.438. The monoisotopic (exact) mass is 368 g/mol. The molecule has 124 valence electrons. The Morgan fingerprint density at radius 2 is 2.18 bits per heavy atom. The summed E-state index contributed by atoms with van der Waals surface area (Å²) in [4.78, 5) is 4.31. The van der Waals surface area contributed by atoms with Crippen molar-refractivity contribution in [2.45, 2.75) is 32.7 Å². The summed E-state index contributed by atoms with van der Waals surface area (Å²) >= 11 is 5.99. The van der Waals surface area contributed by atoms with Crippen molar-refractivity contribution in [1.29, 1.82) is 0 Å². The Labute approximate surface area is 157 Å². The molecule has 1 atom stereocenters. The molecule has 2 rings (SSSR count). The molecule has 0 radical (unpaired) electrons. The summed E-state index contributed by atoms with van der Waals surface area (Å²) in [5.74, 6) is 0. The number of anilines is 1. The molecule has 0 fully saturated rings. The van der Waals surface area contributed by atoms with Crippen LogP contribution in [0.5, 0.6) is 0 Å². The summed E-state index contributed by atoms with van der Waals surface area (Å²) in [6.45, 7) is -2.72. The molecular formula is C16H24Cl3N3. The maximum Gasteiger partial charge on any atom is 0.0737 e. The van der Waals surface area contributed by atoms with E-state index in [9.17, 15) is 0 Å². The van der Waals surface area contributed by atoms with Crippen LogP contribution in [-0.2, 0) is 0 Å². The summed E-state index contributed by atoms with van der Waals surface area (Å²) in [7, 11) is 0. The lowest BCUT2D eigenvalue weighted by Crippen LogP contribution is -2.19. The number of hydrogen-bond donors (Lipinski definition) is 2. The highest BCUT2D eigenvalue weighted by atomic mass is 35.5. The van der Waals surface area contributed by atoms with Crippen molar-refractivity contribution in [3.8, 4) is 0 Å². The maximum atomic E-state index is 7.51. The number of fused-ring (bicyclic) bond motifs is 1. The lowest BCUT2D eigenvalue weighted by atomic mass is 10.1. The Bertz CT molecular complexity index is 728. The second-order valence-electron chi connectivity index (χ2n) is 4.76. The molecule has 1 heterocycles. The first-order valence-corrected chi connectivity index (χ1v) is 7.04. The SMILES string of the molecule is Cl.Cl.[2H]C([2H])([2H])C([2H])([2H])NCCCC(C)Nc1ccnc2cc(Cl)ccc12. The van der Waals surface area contributed by atoms with Gasteiger partial charge in [0.05, 0.1) is 5.52 Å². The third-order valence-corrected chi connectivity index (χ3v) is 3.37. The number of pyridine rings is 1. The smallest absolute Gasteiger partial charge is 0.0737 e. The first kappa shape index (κ1) is 13.7. The van der Waals surface area contributed by atoms with Gasteiger partial charge in [-0.2, -0.15) is 0 Å². The molecule has 0 bridgehead atoms. The standard InChI is InChI=1S/C16H22ClN3.2ClH/c1-3-18-9-4-5-12(2)20-15-8-10-19-16-11-13(17)6-7-14(15)16;;/h6-8,10-12,18H,3-5,9H2,1-2H3,(H,19,20);2*1H/i1D3,3D2;;. The number of rotatable bonds is 7. The Balaban J connectivity index is 0.00000338. The number of benzene rings is 1. The Hall–Kier alpha value is -0.740. The van der Waals surface area contributed by atoms with Crippen molar-refractivity contribution in [3.05, 3.63) is 35.5 Å². The Morgan fingerprint density at radius 3 is 2.95 bits per heavy atom. The van der Waals surface area contributed by atoms with E-state index in [2.05, 4.69) is 15.6 Å². The Kier molecular flexibility index (Phi) is 6.78. The molecule has 2 aromatic rings. The molecular weight excluding hydrogens is 341 g/mol. The predicted octanol–water partition coefficient (Wildman–Crippen LogP) is 4.92. The molecule has 1 aromatic carbocycles. The van der Waals surface area contributed by atoms with Gasteiger partial charge in [-0.3, -0.25) is 4.98 Å². The molecule has 1 unspecified atom stereocenters. The van der Waals surface area contributed by atoms with E-state index in [1.807, 2.05) is 31.2 Å². The molecule has 2 N–H and O–H groups in total. The highest BCUT2D eigenvalue weighted by Crippen LogP contribution is 2.25. The van der Waals surface area contributed by atoms with E-state index in [0.29, 0.717) is 18.0 Å². The molecule has 0 saturated carbocycles. The Morgan fingerprint density at radius 1 is 1.36 bits per heavy atom. The molecule has 0 saturated heterocycles. The third-order valence-electron chi connectivity index (χ3n) is 3.13. The molecule has 0 aliphatic rings. The van der Waals surface area contributed by atoms with Gasteiger partial charge in [-0.15, -0.1) is 24.8 Å². The largest absolute Gasteiger partial charge is 0.382 e. The maximum absolute atomic E-state index is 7.51. The van der Waals surface area contributed by atoms with Crippen LogP contribution in [-0.4, -0.2) is 24.1 Å². The molecule has 3 nitrogen and oxygen atoms in total. The van der Waals surface area contributed by atoms with Gasteiger partial charge in [-0.1, -0.05) is 18.5 Å². The minimum Gasteiger partial charge on any atom is -0.382 e. The van der Waals surface area contributed by atoms with Gasteiger partial charge in [0.2, 0.25) is 0 Å². The summed E-state index contributed by atoms with van der Waals surface area (Å²) < 4.78 is 36.5. The van der Waals surface area contributed by atoms with E-state index in [4.69, 9.17) is 18.5 Å². The highest BCUT2D eigenvalue weighted by molar-refractivity contribution is 6.31. The number of halogens is 3. The number of hydrogen-bond acceptors (Lipinski definition) is 3. The van der Waals surface area contributed by atoms with Crippen LogP contribution in [0.1, 0.15) is 33.5 Å². The summed E-state index contributed by atoms with van der Waals surface area (Å²) in [6, 6.07) is 7.60. The number of nitrogens with zero attached hydrogens (tertiary/aromatic N) is 1. The van der Waals surface area contributed by atoms with E-state index >= 15 is 0 Å². The second-order valence-corrected chi connectivity index (χ2v) is 5.20. The second kappa shape index (κ2) is 10.9. The highest BCUT2D eigenvalue weighted by Gasteiger charge is 2.06. The predicted molar refractivity (Wildman–Crippen MR) is 102 cm³/mol. The van der Waals surface area contributed by atoms with E-state index in [1.54, 1.807) is 6.20 Å².